The topological polar surface area (TPSA) is 55.8 Å². The van der Waals surface area contributed by atoms with Crippen LogP contribution in [0.5, 0.6) is 11.5 Å². The minimum Gasteiger partial charge on any atom is -0.497 e. The molecule has 0 spiro atoms. The van der Waals surface area contributed by atoms with Crippen molar-refractivity contribution in [3.8, 4) is 11.5 Å². The summed E-state index contributed by atoms with van der Waals surface area (Å²) in [6.07, 6.45) is 2.72. The molecule has 1 saturated carbocycles. The molecule has 2 aromatic carbocycles. The van der Waals surface area contributed by atoms with Gasteiger partial charge in [-0.05, 0) is 61.6 Å². The van der Waals surface area contributed by atoms with E-state index < -0.39 is 15.8 Å². The van der Waals surface area contributed by atoms with E-state index in [4.69, 9.17) is 9.47 Å². The van der Waals surface area contributed by atoms with Gasteiger partial charge in [0.1, 0.15) is 23.9 Å². The summed E-state index contributed by atoms with van der Waals surface area (Å²) in [6, 6.07) is 12.1. The lowest BCUT2D eigenvalue weighted by Crippen LogP contribution is -2.47. The Kier molecular flexibility index (Phi) is 4.82. The zero-order valence-corrected chi connectivity index (χ0v) is 15.9. The monoisotopic (exact) mass is 391 g/mol. The van der Waals surface area contributed by atoms with Gasteiger partial charge in [0.15, 0.2) is 0 Å². The van der Waals surface area contributed by atoms with Crippen LogP contribution < -0.4 is 9.47 Å². The van der Waals surface area contributed by atoms with Gasteiger partial charge in [-0.2, -0.15) is 4.31 Å². The van der Waals surface area contributed by atoms with Crippen molar-refractivity contribution >= 4 is 10.0 Å². The molecule has 5 nitrogen and oxygen atoms in total. The SMILES string of the molecule is COc1cccc(OC[C@H]2[C@H]3CC[C@H](C3)N2S(=O)(=O)c2ccc(F)cc2)c1. The fourth-order valence-corrected chi connectivity index (χ4v) is 6.13. The summed E-state index contributed by atoms with van der Waals surface area (Å²) in [7, 11) is -2.10. The van der Waals surface area contributed by atoms with Crippen LogP contribution in [0.4, 0.5) is 4.39 Å². The number of hydrogen-bond acceptors (Lipinski definition) is 4. The van der Waals surface area contributed by atoms with Crippen molar-refractivity contribution in [1.29, 1.82) is 0 Å². The highest BCUT2D eigenvalue weighted by Gasteiger charge is 2.51. The van der Waals surface area contributed by atoms with Gasteiger partial charge in [0, 0.05) is 12.1 Å². The van der Waals surface area contributed by atoms with Crippen LogP contribution >= 0.6 is 0 Å². The predicted octanol–water partition coefficient (Wildman–Crippen LogP) is 3.45. The molecule has 144 valence electrons. The van der Waals surface area contributed by atoms with Crippen molar-refractivity contribution in [2.75, 3.05) is 13.7 Å². The Balaban J connectivity index is 1.56. The Hall–Kier alpha value is -2.12. The van der Waals surface area contributed by atoms with Gasteiger partial charge in [-0.15, -0.1) is 0 Å². The Morgan fingerprint density at radius 2 is 1.85 bits per heavy atom. The average molecular weight is 391 g/mol. The molecule has 7 heteroatoms. The maximum absolute atomic E-state index is 13.2. The predicted molar refractivity (Wildman–Crippen MR) is 98.8 cm³/mol. The number of piperidine rings is 1. The fourth-order valence-electron chi connectivity index (χ4n) is 4.24. The molecule has 1 heterocycles. The third kappa shape index (κ3) is 3.41. The first kappa shape index (κ1) is 18.3. The van der Waals surface area contributed by atoms with E-state index in [1.165, 1.54) is 24.3 Å². The molecule has 1 saturated heterocycles. The van der Waals surface area contributed by atoms with E-state index >= 15 is 0 Å². The molecule has 0 aromatic heterocycles. The minimum absolute atomic E-state index is 0.0102. The molecule has 0 unspecified atom stereocenters. The van der Waals surface area contributed by atoms with Crippen LogP contribution in [0.2, 0.25) is 0 Å². The second kappa shape index (κ2) is 7.13. The third-order valence-corrected chi connectivity index (χ3v) is 7.52. The summed E-state index contributed by atoms with van der Waals surface area (Å²) in [4.78, 5) is 0.128. The van der Waals surface area contributed by atoms with Gasteiger partial charge < -0.3 is 9.47 Å². The van der Waals surface area contributed by atoms with Crippen LogP contribution in [-0.4, -0.2) is 38.5 Å². The Morgan fingerprint density at radius 3 is 2.59 bits per heavy atom. The van der Waals surface area contributed by atoms with Crippen LogP contribution in [0.25, 0.3) is 0 Å². The number of rotatable bonds is 6. The van der Waals surface area contributed by atoms with Gasteiger partial charge in [0.25, 0.3) is 0 Å². The molecular formula is C20H22FNO4S. The molecular weight excluding hydrogens is 369 g/mol. The lowest BCUT2D eigenvalue weighted by Gasteiger charge is -2.34. The minimum atomic E-state index is -3.69. The van der Waals surface area contributed by atoms with E-state index in [2.05, 4.69) is 0 Å². The highest BCUT2D eigenvalue weighted by Crippen LogP contribution is 2.45. The number of nitrogens with zero attached hydrogens (tertiary/aromatic N) is 1. The van der Waals surface area contributed by atoms with Gasteiger partial charge in [0.2, 0.25) is 10.0 Å². The largest absolute Gasteiger partial charge is 0.497 e. The second-order valence-corrected chi connectivity index (χ2v) is 8.92. The highest BCUT2D eigenvalue weighted by molar-refractivity contribution is 7.89. The molecule has 2 aromatic rings. The maximum atomic E-state index is 13.2. The number of ether oxygens (including phenoxy) is 2. The van der Waals surface area contributed by atoms with E-state index in [9.17, 15) is 12.8 Å². The van der Waals surface area contributed by atoms with Gasteiger partial charge in [-0.3, -0.25) is 0 Å². The standard InChI is InChI=1S/C20H22FNO4S/c1-25-17-3-2-4-18(12-17)26-13-20-14-5-8-16(11-14)22(20)27(23,24)19-9-6-15(21)7-10-19/h2-4,6-7,9-10,12,14,16,20H,5,8,11,13H2,1H3/t14-,16+,20-/m0/s1. The average Bonchev–Trinajstić information content (AvgIpc) is 3.28. The highest BCUT2D eigenvalue weighted by atomic mass is 32.2. The molecule has 4 rings (SSSR count). The summed E-state index contributed by atoms with van der Waals surface area (Å²) < 4.78 is 52.3. The third-order valence-electron chi connectivity index (χ3n) is 5.53. The molecule has 2 aliphatic rings. The van der Waals surface area contributed by atoms with Gasteiger partial charge in [-0.1, -0.05) is 6.07 Å². The first-order valence-electron chi connectivity index (χ1n) is 9.05. The van der Waals surface area contributed by atoms with Crippen molar-refractivity contribution in [3.63, 3.8) is 0 Å². The molecule has 1 aliphatic carbocycles. The Labute approximate surface area is 158 Å². The number of hydrogen-bond donors (Lipinski definition) is 0. The summed E-state index contributed by atoms with van der Waals surface area (Å²) >= 11 is 0. The number of sulfonamides is 1. The summed E-state index contributed by atoms with van der Waals surface area (Å²) in [5, 5.41) is 0. The van der Waals surface area contributed by atoms with Crippen LogP contribution in [0.3, 0.4) is 0 Å². The van der Waals surface area contributed by atoms with Crippen LogP contribution in [0.1, 0.15) is 19.3 Å². The number of benzene rings is 2. The molecule has 2 fully saturated rings. The van der Waals surface area contributed by atoms with Gasteiger partial charge in [-0.25, -0.2) is 12.8 Å². The number of halogens is 1. The van der Waals surface area contributed by atoms with E-state index in [-0.39, 0.29) is 29.5 Å². The molecule has 2 bridgehead atoms. The summed E-state index contributed by atoms with van der Waals surface area (Å²) in [5.74, 6) is 1.18. The van der Waals surface area contributed by atoms with Crippen molar-refractivity contribution in [2.24, 2.45) is 5.92 Å². The van der Waals surface area contributed by atoms with Crippen molar-refractivity contribution in [1.82, 2.24) is 4.31 Å². The molecule has 1 aliphatic heterocycles. The van der Waals surface area contributed by atoms with Crippen LogP contribution in [0, 0.1) is 11.7 Å². The van der Waals surface area contributed by atoms with Gasteiger partial charge in [0.05, 0.1) is 18.0 Å². The van der Waals surface area contributed by atoms with Crippen LogP contribution in [0.15, 0.2) is 53.4 Å². The zero-order chi connectivity index (χ0) is 19.0. The summed E-state index contributed by atoms with van der Waals surface area (Å²) in [6.45, 7) is 0.286. The Bertz CT molecular complexity index is 916. The fraction of sp³-hybridized carbons (Fsp3) is 0.400. The maximum Gasteiger partial charge on any atom is 0.243 e. The van der Waals surface area contributed by atoms with E-state index in [1.807, 2.05) is 18.2 Å². The van der Waals surface area contributed by atoms with Crippen molar-refractivity contribution in [3.05, 3.63) is 54.3 Å². The molecule has 27 heavy (non-hydrogen) atoms. The lowest BCUT2D eigenvalue weighted by molar-refractivity contribution is 0.162. The second-order valence-electron chi connectivity index (χ2n) is 7.07. The van der Waals surface area contributed by atoms with E-state index in [1.54, 1.807) is 17.5 Å². The smallest absolute Gasteiger partial charge is 0.243 e. The quantitative estimate of drug-likeness (QED) is 0.757. The summed E-state index contributed by atoms with van der Waals surface area (Å²) in [5.41, 5.74) is 0. The van der Waals surface area contributed by atoms with Crippen molar-refractivity contribution in [2.45, 2.75) is 36.2 Å². The number of fused-ring (bicyclic) bond motifs is 2. The first-order chi connectivity index (χ1) is 13.0. The lowest BCUT2D eigenvalue weighted by atomic mass is 10.0. The molecule has 3 atom stereocenters. The first-order valence-corrected chi connectivity index (χ1v) is 10.5. The molecule has 0 N–H and O–H groups in total. The van der Waals surface area contributed by atoms with E-state index in [0.717, 1.165) is 19.3 Å². The Morgan fingerprint density at radius 1 is 1.11 bits per heavy atom. The van der Waals surface area contributed by atoms with E-state index in [0.29, 0.717) is 11.5 Å². The normalized spacial score (nSPS) is 24.9. The van der Waals surface area contributed by atoms with Gasteiger partial charge >= 0.3 is 0 Å². The van der Waals surface area contributed by atoms with Crippen LogP contribution in [-0.2, 0) is 10.0 Å². The zero-order valence-electron chi connectivity index (χ0n) is 15.0. The van der Waals surface area contributed by atoms with Crippen molar-refractivity contribution < 1.29 is 22.3 Å². The number of methoxy groups -OCH3 is 1. The molecule has 0 amide bonds. The molecule has 0 radical (unpaired) electrons.